The Morgan fingerprint density at radius 2 is 2.50 bits per heavy atom. The van der Waals surface area contributed by atoms with Gasteiger partial charge in [-0.15, -0.1) is 5.11 Å². The van der Waals surface area contributed by atoms with E-state index in [2.05, 4.69) is 16.1 Å². The molecule has 0 radical (unpaired) electrons. The normalized spacial score (nSPS) is 16.8. The van der Waals surface area contributed by atoms with Crippen LogP contribution in [-0.2, 0) is 0 Å². The maximum Gasteiger partial charge on any atom is 0.105 e. The molecule has 1 heterocycles. The molecule has 0 bridgehead atoms. The summed E-state index contributed by atoms with van der Waals surface area (Å²) >= 11 is 0. The van der Waals surface area contributed by atoms with Gasteiger partial charge in [0, 0.05) is 7.05 Å². The Balaban J connectivity index is 2.86. The van der Waals surface area contributed by atoms with Crippen LogP contribution >= 0.6 is 0 Å². The van der Waals surface area contributed by atoms with E-state index < -0.39 is 0 Å². The molecule has 3 nitrogen and oxygen atoms in total. The van der Waals surface area contributed by atoms with Gasteiger partial charge in [-0.3, -0.25) is 0 Å². The minimum atomic E-state index is 0.822. The summed E-state index contributed by atoms with van der Waals surface area (Å²) in [7, 11) is 1.81. The van der Waals surface area contributed by atoms with E-state index in [1.54, 1.807) is 11.2 Å². The van der Waals surface area contributed by atoms with Crippen molar-refractivity contribution in [3.05, 3.63) is 17.6 Å². The van der Waals surface area contributed by atoms with Gasteiger partial charge in [0.25, 0.3) is 0 Å². The molecule has 3 heteroatoms. The van der Waals surface area contributed by atoms with Gasteiger partial charge in [-0.2, -0.15) is 0 Å². The van der Waals surface area contributed by atoms with Gasteiger partial charge >= 0.3 is 0 Å². The predicted molar refractivity (Wildman–Crippen MR) is 29.9 cm³/mol. The topological polar surface area (TPSA) is 28.0 Å². The van der Waals surface area contributed by atoms with Crippen LogP contribution in [-0.4, -0.2) is 12.1 Å². The Morgan fingerprint density at radius 3 is 2.88 bits per heavy atom. The van der Waals surface area contributed by atoms with Crippen molar-refractivity contribution in [1.82, 2.24) is 5.01 Å². The molecule has 1 aliphatic rings. The Morgan fingerprint density at radius 1 is 1.75 bits per heavy atom. The minimum Gasteiger partial charge on any atom is -0.249 e. The minimum absolute atomic E-state index is 0.822. The summed E-state index contributed by atoms with van der Waals surface area (Å²) in [6.45, 7) is 1.85. The maximum absolute atomic E-state index is 3.74. The van der Waals surface area contributed by atoms with Crippen molar-refractivity contribution in [1.29, 1.82) is 0 Å². The summed E-state index contributed by atoms with van der Waals surface area (Å²) in [4.78, 5) is 0. The van der Waals surface area contributed by atoms with Crippen LogP contribution in [0, 0.1) is 0 Å². The molecule has 0 aromatic rings. The van der Waals surface area contributed by atoms with Crippen molar-refractivity contribution in [2.75, 3.05) is 7.05 Å². The molecule has 0 N–H and O–H groups in total. The first-order valence-corrected chi connectivity index (χ1v) is 2.37. The molecule has 1 rings (SSSR count). The van der Waals surface area contributed by atoms with Crippen molar-refractivity contribution < 1.29 is 0 Å². The van der Waals surface area contributed by atoms with E-state index in [0.717, 1.165) is 5.70 Å². The lowest BCUT2D eigenvalue weighted by Crippen LogP contribution is -2.00. The van der Waals surface area contributed by atoms with Crippen LogP contribution in [0.1, 0.15) is 6.92 Å². The molecule has 0 atom stereocenters. The monoisotopic (exact) mass is 109 g/mol. The lowest BCUT2D eigenvalue weighted by Gasteiger charge is -2.03. The van der Waals surface area contributed by atoms with Crippen molar-refractivity contribution in [3.63, 3.8) is 0 Å². The van der Waals surface area contributed by atoms with Crippen molar-refractivity contribution in [3.8, 4) is 0 Å². The average Bonchev–Trinajstić information content (AvgIpc) is 1.77. The van der Waals surface area contributed by atoms with Gasteiger partial charge in [0.1, 0.15) is 5.70 Å². The van der Waals surface area contributed by atoms with Crippen LogP contribution in [0.2, 0.25) is 0 Å². The Kier molecular flexibility index (Phi) is 1.14. The highest BCUT2D eigenvalue weighted by Crippen LogP contribution is 2.00. The van der Waals surface area contributed by atoms with Gasteiger partial charge in [-0.05, 0) is 6.92 Å². The molecule has 0 aromatic heterocycles. The number of hydrogen-bond donors (Lipinski definition) is 0. The van der Waals surface area contributed by atoms with Crippen molar-refractivity contribution in [2.45, 2.75) is 6.92 Å². The Hall–Kier alpha value is -1.08. The zero-order valence-corrected chi connectivity index (χ0v) is 4.92. The molecule has 0 spiro atoms. The second-order valence-corrected chi connectivity index (χ2v) is 1.62. The number of allylic oxidation sites excluding steroid dienone is 1. The van der Waals surface area contributed by atoms with E-state index in [0.29, 0.717) is 0 Å². The van der Waals surface area contributed by atoms with Gasteiger partial charge < -0.3 is 0 Å². The molecular formula is C5H7N3. The largest absolute Gasteiger partial charge is 0.249 e. The highest BCUT2D eigenvalue weighted by Gasteiger charge is 1.89. The molecule has 0 amide bonds. The first-order chi connectivity index (χ1) is 3.79. The fourth-order valence-electron chi connectivity index (χ4n) is 0.379. The second-order valence-electron chi connectivity index (χ2n) is 1.62. The van der Waals surface area contributed by atoms with Gasteiger partial charge in [0.05, 0.1) is 6.20 Å². The molecular weight excluding hydrogens is 102 g/mol. The molecule has 0 saturated carbocycles. The quantitative estimate of drug-likeness (QED) is 0.431. The molecule has 0 saturated heterocycles. The predicted octanol–water partition coefficient (Wildman–Crippen LogP) is 1.32. The van der Waals surface area contributed by atoms with Crippen LogP contribution in [0.25, 0.3) is 0 Å². The van der Waals surface area contributed by atoms with Crippen LogP contribution in [0.5, 0.6) is 0 Å². The Bertz CT molecular complexity index is 174. The molecule has 0 aliphatic carbocycles. The van der Waals surface area contributed by atoms with E-state index in [4.69, 9.17) is 0 Å². The van der Waals surface area contributed by atoms with E-state index in [9.17, 15) is 0 Å². The lowest BCUT2D eigenvalue weighted by molar-refractivity contribution is 0.447. The van der Waals surface area contributed by atoms with Gasteiger partial charge in [-0.1, -0.05) is 11.0 Å². The molecule has 42 valence electrons. The first-order valence-electron chi connectivity index (χ1n) is 2.37. The number of rotatable bonds is 0. The highest BCUT2D eigenvalue weighted by atomic mass is 15.5. The first kappa shape index (κ1) is 5.06. The lowest BCUT2D eigenvalue weighted by atomic mass is 10.5. The van der Waals surface area contributed by atoms with Gasteiger partial charge in [-0.25, -0.2) is 5.01 Å². The fourth-order valence-corrected chi connectivity index (χ4v) is 0.379. The average molecular weight is 109 g/mol. The smallest absolute Gasteiger partial charge is 0.105 e. The molecule has 0 fully saturated rings. The maximum atomic E-state index is 3.74. The zero-order chi connectivity index (χ0) is 5.98. The third-order valence-corrected chi connectivity index (χ3v) is 0.796. The van der Waals surface area contributed by atoms with E-state index in [1.807, 2.05) is 14.0 Å². The highest BCUT2D eigenvalue weighted by molar-refractivity contribution is 4.96. The third kappa shape index (κ3) is 0.950. The summed E-state index contributed by atoms with van der Waals surface area (Å²) in [6, 6.07) is 0. The fraction of sp³-hybridized carbons (Fsp3) is 0.400. The van der Waals surface area contributed by atoms with Crippen LogP contribution < -0.4 is 0 Å². The standard InChI is InChI=1S/C5H7N3/c1-5-3-4-8(2)7-6-5/h4H,1-2H3. The van der Waals surface area contributed by atoms with Crippen LogP contribution in [0.15, 0.2) is 28.0 Å². The summed E-state index contributed by atoms with van der Waals surface area (Å²) in [5.74, 6) is 0. The zero-order valence-electron chi connectivity index (χ0n) is 4.92. The molecule has 8 heavy (non-hydrogen) atoms. The molecule has 0 unspecified atom stereocenters. The van der Waals surface area contributed by atoms with Crippen molar-refractivity contribution >= 4 is 0 Å². The van der Waals surface area contributed by atoms with E-state index >= 15 is 0 Å². The van der Waals surface area contributed by atoms with Crippen LogP contribution in [0.3, 0.4) is 0 Å². The van der Waals surface area contributed by atoms with E-state index in [1.165, 1.54) is 0 Å². The third-order valence-electron chi connectivity index (χ3n) is 0.796. The number of nitrogens with zero attached hydrogens (tertiary/aromatic N) is 3. The van der Waals surface area contributed by atoms with Gasteiger partial charge in [0.15, 0.2) is 0 Å². The Labute approximate surface area is 48.0 Å². The van der Waals surface area contributed by atoms with Crippen LogP contribution in [0.4, 0.5) is 0 Å². The molecule has 1 aliphatic heterocycles. The summed E-state index contributed by atoms with van der Waals surface area (Å²) in [5, 5.41) is 9.05. The SMILES string of the molecule is CC1=C=CN(C)N=N1. The van der Waals surface area contributed by atoms with E-state index in [-0.39, 0.29) is 0 Å². The summed E-state index contributed by atoms with van der Waals surface area (Å²) < 4.78 is 0. The van der Waals surface area contributed by atoms with Crippen molar-refractivity contribution in [2.24, 2.45) is 10.3 Å². The molecule has 0 aromatic carbocycles. The summed E-state index contributed by atoms with van der Waals surface area (Å²) in [5.41, 5.74) is 3.71. The number of hydrogen-bond acceptors (Lipinski definition) is 3. The van der Waals surface area contributed by atoms with Gasteiger partial charge in [0.2, 0.25) is 0 Å². The summed E-state index contributed by atoms with van der Waals surface area (Å²) in [6.07, 6.45) is 1.74. The second kappa shape index (κ2) is 1.80.